The summed E-state index contributed by atoms with van der Waals surface area (Å²) in [5, 5.41) is 9.07. The summed E-state index contributed by atoms with van der Waals surface area (Å²) in [7, 11) is 0. The van der Waals surface area contributed by atoms with E-state index in [0.717, 1.165) is 0 Å². The number of nitrogen functional groups attached to an aromatic ring is 1. The molecular formula is C10H6F9NO. The molecule has 0 heterocycles. The zero-order chi connectivity index (χ0) is 16.8. The molecule has 3 N–H and O–H groups in total. The van der Waals surface area contributed by atoms with Crippen molar-refractivity contribution in [2.24, 2.45) is 0 Å². The third-order valence-electron chi connectivity index (χ3n) is 2.52. The molecule has 0 saturated carbocycles. The highest BCUT2D eigenvalue weighted by Gasteiger charge is 2.65. The van der Waals surface area contributed by atoms with Gasteiger partial charge in [0.1, 0.15) is 5.56 Å². The molecule has 0 radical (unpaired) electrons. The molecule has 0 aromatic heterocycles. The van der Waals surface area contributed by atoms with E-state index in [0.29, 0.717) is 0 Å². The van der Waals surface area contributed by atoms with Crippen LogP contribution in [0.2, 0.25) is 0 Å². The lowest BCUT2D eigenvalue weighted by molar-refractivity contribution is -0.272. The first-order valence-corrected chi connectivity index (χ1v) is 4.97. The Morgan fingerprint density at radius 3 is 1.81 bits per heavy atom. The summed E-state index contributed by atoms with van der Waals surface area (Å²) in [6, 6.07) is 0.0868. The van der Waals surface area contributed by atoms with Gasteiger partial charge in [0.25, 0.3) is 0 Å². The van der Waals surface area contributed by atoms with E-state index in [1.807, 2.05) is 0 Å². The molecule has 0 saturated heterocycles. The molecule has 1 aromatic carbocycles. The van der Waals surface area contributed by atoms with Crippen LogP contribution in [0.25, 0.3) is 0 Å². The van der Waals surface area contributed by atoms with Gasteiger partial charge in [-0.15, -0.1) is 0 Å². The van der Waals surface area contributed by atoms with E-state index >= 15 is 0 Å². The number of benzene rings is 1. The van der Waals surface area contributed by atoms with E-state index < -0.39 is 47.0 Å². The van der Waals surface area contributed by atoms with Crippen molar-refractivity contribution in [3.63, 3.8) is 0 Å². The second-order valence-corrected chi connectivity index (χ2v) is 3.92. The standard InChI is InChI=1S/C10H6F9NO/c11-7(12)9(15,16)8(13,14)3-1-2-4(20)6(21)5(3)10(17,18)19/h1-2,7,21H,20H2. The smallest absolute Gasteiger partial charge is 0.420 e. The van der Waals surface area contributed by atoms with Crippen molar-refractivity contribution < 1.29 is 44.6 Å². The van der Waals surface area contributed by atoms with Gasteiger partial charge in [-0.2, -0.15) is 30.7 Å². The quantitative estimate of drug-likeness (QED) is 0.501. The van der Waals surface area contributed by atoms with Gasteiger partial charge < -0.3 is 10.8 Å². The number of phenols is 1. The fraction of sp³-hybridized carbons (Fsp3) is 0.400. The van der Waals surface area contributed by atoms with Crippen LogP contribution in [0.15, 0.2) is 12.1 Å². The first-order chi connectivity index (χ1) is 9.24. The fourth-order valence-corrected chi connectivity index (χ4v) is 1.47. The van der Waals surface area contributed by atoms with Crippen molar-refractivity contribution in [3.05, 3.63) is 23.3 Å². The van der Waals surface area contributed by atoms with E-state index in [2.05, 4.69) is 0 Å². The number of phenolic OH excluding ortho intramolecular Hbond substituents is 1. The molecule has 0 atom stereocenters. The second kappa shape index (κ2) is 4.88. The normalized spacial score (nSPS) is 13.8. The number of halogens is 9. The van der Waals surface area contributed by atoms with E-state index in [1.54, 1.807) is 0 Å². The van der Waals surface area contributed by atoms with Crippen LogP contribution in [0.4, 0.5) is 45.2 Å². The molecule has 21 heavy (non-hydrogen) atoms. The Morgan fingerprint density at radius 1 is 0.952 bits per heavy atom. The van der Waals surface area contributed by atoms with Gasteiger partial charge in [-0.3, -0.25) is 0 Å². The number of hydrogen-bond donors (Lipinski definition) is 2. The Morgan fingerprint density at radius 2 is 1.43 bits per heavy atom. The molecular weight excluding hydrogens is 321 g/mol. The minimum Gasteiger partial charge on any atom is -0.505 e. The Balaban J connectivity index is 3.69. The molecule has 0 amide bonds. The molecule has 0 fully saturated rings. The maximum absolute atomic E-state index is 13.4. The molecule has 1 rings (SSSR count). The minimum atomic E-state index is -6.07. The number of anilines is 1. The molecule has 120 valence electrons. The summed E-state index contributed by atoms with van der Waals surface area (Å²) in [5.74, 6) is -13.9. The van der Waals surface area contributed by atoms with Gasteiger partial charge in [-0.25, -0.2) is 8.78 Å². The van der Waals surface area contributed by atoms with Gasteiger partial charge in [0.05, 0.1) is 5.69 Å². The molecule has 0 aliphatic rings. The Bertz CT molecular complexity index is 538. The van der Waals surface area contributed by atoms with Gasteiger partial charge in [-0.1, -0.05) is 0 Å². The molecule has 1 aromatic rings. The first-order valence-electron chi connectivity index (χ1n) is 4.97. The van der Waals surface area contributed by atoms with Crippen molar-refractivity contribution in [3.8, 4) is 5.75 Å². The van der Waals surface area contributed by atoms with Gasteiger partial charge in [-0.05, 0) is 12.1 Å². The predicted octanol–water partition coefficient (Wildman–Crippen LogP) is 3.99. The average molecular weight is 327 g/mol. The van der Waals surface area contributed by atoms with E-state index in [4.69, 9.17) is 10.8 Å². The largest absolute Gasteiger partial charge is 0.505 e. The highest BCUT2D eigenvalue weighted by molar-refractivity contribution is 5.60. The molecule has 11 heteroatoms. The topological polar surface area (TPSA) is 46.2 Å². The summed E-state index contributed by atoms with van der Waals surface area (Å²) in [5.41, 5.74) is -1.24. The number of aromatic hydroxyl groups is 1. The molecule has 0 bridgehead atoms. The number of nitrogens with two attached hydrogens (primary N) is 1. The molecule has 2 nitrogen and oxygen atoms in total. The van der Waals surface area contributed by atoms with Crippen LogP contribution in [0.1, 0.15) is 11.1 Å². The predicted molar refractivity (Wildman–Crippen MR) is 52.4 cm³/mol. The van der Waals surface area contributed by atoms with E-state index in [9.17, 15) is 39.5 Å². The molecule has 0 aliphatic carbocycles. The van der Waals surface area contributed by atoms with Crippen LogP contribution in [0, 0.1) is 0 Å². The van der Waals surface area contributed by atoms with Crippen molar-refractivity contribution >= 4 is 5.69 Å². The lowest BCUT2D eigenvalue weighted by atomic mass is 9.95. The van der Waals surface area contributed by atoms with Crippen LogP contribution in [-0.4, -0.2) is 17.5 Å². The number of rotatable bonds is 3. The summed E-state index contributed by atoms with van der Waals surface area (Å²) >= 11 is 0. The van der Waals surface area contributed by atoms with E-state index in [-0.39, 0.29) is 12.1 Å². The van der Waals surface area contributed by atoms with Crippen LogP contribution in [0.5, 0.6) is 5.75 Å². The average Bonchev–Trinajstić information content (AvgIpc) is 2.29. The maximum Gasteiger partial charge on any atom is 0.420 e. The van der Waals surface area contributed by atoms with Crippen molar-refractivity contribution in [1.82, 2.24) is 0 Å². The third kappa shape index (κ3) is 2.68. The molecule has 0 unspecified atom stereocenters. The van der Waals surface area contributed by atoms with Gasteiger partial charge in [0, 0.05) is 5.56 Å². The summed E-state index contributed by atoms with van der Waals surface area (Å²) in [6.45, 7) is 0. The van der Waals surface area contributed by atoms with Crippen LogP contribution in [0.3, 0.4) is 0 Å². The first kappa shape index (κ1) is 17.2. The van der Waals surface area contributed by atoms with Crippen molar-refractivity contribution in [1.29, 1.82) is 0 Å². The lowest BCUT2D eigenvalue weighted by Crippen LogP contribution is -2.45. The van der Waals surface area contributed by atoms with Crippen LogP contribution >= 0.6 is 0 Å². The maximum atomic E-state index is 13.4. The number of alkyl halides is 9. The number of hydrogen-bond acceptors (Lipinski definition) is 2. The highest BCUT2D eigenvalue weighted by atomic mass is 19.4. The fourth-order valence-electron chi connectivity index (χ4n) is 1.47. The Labute approximate surface area is 111 Å². The Hall–Kier alpha value is -1.81. The monoisotopic (exact) mass is 327 g/mol. The SMILES string of the molecule is Nc1ccc(C(F)(F)C(F)(F)C(F)F)c(C(F)(F)F)c1O. The lowest BCUT2D eigenvalue weighted by Gasteiger charge is -2.28. The highest BCUT2D eigenvalue weighted by Crippen LogP contribution is 2.52. The zero-order valence-corrected chi connectivity index (χ0v) is 9.66. The summed E-state index contributed by atoms with van der Waals surface area (Å²) in [6.07, 6.45) is -10.6. The van der Waals surface area contributed by atoms with Crippen LogP contribution < -0.4 is 5.73 Å². The zero-order valence-electron chi connectivity index (χ0n) is 9.66. The summed E-state index contributed by atoms with van der Waals surface area (Å²) < 4.78 is 114. The summed E-state index contributed by atoms with van der Waals surface area (Å²) in [4.78, 5) is 0. The van der Waals surface area contributed by atoms with Gasteiger partial charge in [0.2, 0.25) is 0 Å². The molecule has 0 spiro atoms. The second-order valence-electron chi connectivity index (χ2n) is 3.92. The van der Waals surface area contributed by atoms with Crippen LogP contribution in [-0.2, 0) is 12.1 Å². The third-order valence-corrected chi connectivity index (χ3v) is 2.52. The van der Waals surface area contributed by atoms with Crippen molar-refractivity contribution in [2.75, 3.05) is 5.73 Å². The van der Waals surface area contributed by atoms with Crippen molar-refractivity contribution in [2.45, 2.75) is 24.4 Å². The molecule has 0 aliphatic heterocycles. The Kier molecular flexibility index (Phi) is 4.01. The van der Waals surface area contributed by atoms with E-state index in [1.165, 1.54) is 0 Å². The minimum absolute atomic E-state index is 0.186. The van der Waals surface area contributed by atoms with Gasteiger partial charge >= 0.3 is 24.4 Å². The van der Waals surface area contributed by atoms with Gasteiger partial charge in [0.15, 0.2) is 5.75 Å².